The second kappa shape index (κ2) is 9.00. The average Bonchev–Trinajstić information content (AvgIpc) is 2.94. The molecule has 0 unspecified atom stereocenters. The van der Waals surface area contributed by atoms with E-state index in [1.807, 2.05) is 0 Å². The first kappa shape index (κ1) is 19.4. The fourth-order valence-corrected chi connectivity index (χ4v) is 3.84. The molecule has 0 radical (unpaired) electrons. The Morgan fingerprint density at radius 1 is 1.19 bits per heavy atom. The minimum atomic E-state index is -0.0932. The molecule has 1 aromatic carbocycles. The molecule has 1 aliphatic rings. The molecule has 1 amide bonds. The fraction of sp³-hybridized carbons (Fsp3) is 0.455. The first-order chi connectivity index (χ1) is 13.0. The zero-order valence-corrected chi connectivity index (χ0v) is 16.6. The molecular weight excluding hydrogens is 336 g/mol. The molecule has 0 aliphatic heterocycles. The number of carbonyl (C=O) groups excluding carboxylic acids is 1. The quantitative estimate of drug-likeness (QED) is 0.604. The Labute approximate surface area is 161 Å². The second-order valence-electron chi connectivity index (χ2n) is 7.51. The number of amides is 1. The highest BCUT2D eigenvalue weighted by molar-refractivity contribution is 5.84. The van der Waals surface area contributed by atoms with Gasteiger partial charge in [0, 0.05) is 28.7 Å². The van der Waals surface area contributed by atoms with Gasteiger partial charge in [-0.3, -0.25) is 4.79 Å². The minimum Gasteiger partial charge on any atom is -0.318 e. The lowest BCUT2D eigenvalue weighted by Crippen LogP contribution is -2.38. The van der Waals surface area contributed by atoms with Gasteiger partial charge in [-0.1, -0.05) is 31.4 Å². The first-order valence-electron chi connectivity index (χ1n) is 9.86. The molecule has 1 heterocycles. The van der Waals surface area contributed by atoms with Crippen LogP contribution in [0.5, 0.6) is 0 Å². The standard InChI is InChI=1S/C22H30N4O/c1-16-8-7-11-21(12-16)26-17(2)13-19(18(26)3)14-24-25-22(27)15-23-20-9-5-4-6-10-20/h7-8,11-14,20,23H,4-6,9-10,15H2,1-3H3,(H,25,27)/b24-14-. The Hall–Kier alpha value is -2.40. The van der Waals surface area contributed by atoms with E-state index in [9.17, 15) is 4.79 Å². The summed E-state index contributed by atoms with van der Waals surface area (Å²) in [5, 5.41) is 7.49. The third-order valence-electron chi connectivity index (χ3n) is 5.28. The van der Waals surface area contributed by atoms with Crippen molar-refractivity contribution < 1.29 is 4.79 Å². The summed E-state index contributed by atoms with van der Waals surface area (Å²) in [6.07, 6.45) is 7.90. The van der Waals surface area contributed by atoms with Crippen molar-refractivity contribution in [3.8, 4) is 5.69 Å². The van der Waals surface area contributed by atoms with Gasteiger partial charge in [-0.2, -0.15) is 5.10 Å². The van der Waals surface area contributed by atoms with Gasteiger partial charge < -0.3 is 9.88 Å². The van der Waals surface area contributed by atoms with Crippen molar-refractivity contribution in [2.75, 3.05) is 6.54 Å². The summed E-state index contributed by atoms with van der Waals surface area (Å²) in [5.74, 6) is -0.0932. The summed E-state index contributed by atoms with van der Waals surface area (Å²) in [6.45, 7) is 6.57. The summed E-state index contributed by atoms with van der Waals surface area (Å²) in [5.41, 5.74) is 8.27. The lowest BCUT2D eigenvalue weighted by atomic mass is 9.95. The summed E-state index contributed by atoms with van der Waals surface area (Å²) in [4.78, 5) is 12.0. The number of hydrogen-bond acceptors (Lipinski definition) is 3. The molecule has 3 rings (SSSR count). The number of hydrogen-bond donors (Lipinski definition) is 2. The molecule has 1 aliphatic carbocycles. The molecule has 0 bridgehead atoms. The zero-order valence-electron chi connectivity index (χ0n) is 16.6. The van der Waals surface area contributed by atoms with Crippen LogP contribution in [-0.4, -0.2) is 29.3 Å². The SMILES string of the molecule is Cc1cccc(-n2c(C)cc(/C=N\NC(=O)CNC3CCCCC3)c2C)c1. The van der Waals surface area contributed by atoms with Crippen LogP contribution in [0, 0.1) is 20.8 Å². The maximum atomic E-state index is 12.0. The Balaban J connectivity index is 1.59. The van der Waals surface area contributed by atoms with Crippen molar-refractivity contribution in [1.29, 1.82) is 0 Å². The smallest absolute Gasteiger partial charge is 0.254 e. The lowest BCUT2D eigenvalue weighted by molar-refractivity contribution is -0.120. The summed E-state index contributed by atoms with van der Waals surface area (Å²) >= 11 is 0. The molecular formula is C22H30N4O. The minimum absolute atomic E-state index is 0.0932. The van der Waals surface area contributed by atoms with Crippen molar-refractivity contribution in [2.24, 2.45) is 5.10 Å². The molecule has 2 N–H and O–H groups in total. The predicted octanol–water partition coefficient (Wildman–Crippen LogP) is 3.77. The largest absolute Gasteiger partial charge is 0.318 e. The van der Waals surface area contributed by atoms with Crippen LogP contribution in [0.25, 0.3) is 5.69 Å². The van der Waals surface area contributed by atoms with Gasteiger partial charge in [-0.25, -0.2) is 5.43 Å². The van der Waals surface area contributed by atoms with Crippen molar-refractivity contribution in [3.63, 3.8) is 0 Å². The summed E-state index contributed by atoms with van der Waals surface area (Å²) < 4.78 is 2.21. The molecule has 1 aromatic heterocycles. The van der Waals surface area contributed by atoms with E-state index in [1.54, 1.807) is 6.21 Å². The lowest BCUT2D eigenvalue weighted by Gasteiger charge is -2.22. The Bertz CT molecular complexity index is 816. The van der Waals surface area contributed by atoms with Crippen LogP contribution in [0.3, 0.4) is 0 Å². The predicted molar refractivity (Wildman–Crippen MR) is 111 cm³/mol. The van der Waals surface area contributed by atoms with Crippen LogP contribution in [0.4, 0.5) is 0 Å². The summed E-state index contributed by atoms with van der Waals surface area (Å²) in [6, 6.07) is 11.0. The van der Waals surface area contributed by atoms with Crippen LogP contribution in [0.2, 0.25) is 0 Å². The highest BCUT2D eigenvalue weighted by atomic mass is 16.2. The van der Waals surface area contributed by atoms with Crippen LogP contribution < -0.4 is 10.7 Å². The van der Waals surface area contributed by atoms with E-state index < -0.39 is 0 Å². The number of hydrazone groups is 1. The number of rotatable bonds is 6. The maximum Gasteiger partial charge on any atom is 0.254 e. The first-order valence-corrected chi connectivity index (χ1v) is 9.86. The van der Waals surface area contributed by atoms with E-state index >= 15 is 0 Å². The van der Waals surface area contributed by atoms with Crippen LogP contribution in [-0.2, 0) is 4.79 Å². The second-order valence-corrected chi connectivity index (χ2v) is 7.51. The molecule has 2 aromatic rings. The Kier molecular flexibility index (Phi) is 6.45. The van der Waals surface area contributed by atoms with Gasteiger partial charge in [0.15, 0.2) is 0 Å². The molecule has 0 atom stereocenters. The maximum absolute atomic E-state index is 12.0. The number of carbonyl (C=O) groups is 1. The molecule has 5 heteroatoms. The average molecular weight is 367 g/mol. The highest BCUT2D eigenvalue weighted by Crippen LogP contribution is 2.20. The third-order valence-corrected chi connectivity index (χ3v) is 5.28. The van der Waals surface area contributed by atoms with E-state index in [-0.39, 0.29) is 5.91 Å². The third kappa shape index (κ3) is 5.07. The number of nitrogens with one attached hydrogen (secondary N) is 2. The summed E-state index contributed by atoms with van der Waals surface area (Å²) in [7, 11) is 0. The molecule has 0 spiro atoms. The number of benzene rings is 1. The topological polar surface area (TPSA) is 58.4 Å². The van der Waals surface area contributed by atoms with E-state index in [2.05, 4.69) is 71.5 Å². The van der Waals surface area contributed by atoms with Crippen molar-refractivity contribution >= 4 is 12.1 Å². The van der Waals surface area contributed by atoms with E-state index in [4.69, 9.17) is 0 Å². The van der Waals surface area contributed by atoms with Gasteiger partial charge in [0.2, 0.25) is 0 Å². The molecule has 27 heavy (non-hydrogen) atoms. The van der Waals surface area contributed by atoms with Gasteiger partial charge in [0.1, 0.15) is 0 Å². The number of nitrogens with zero attached hydrogens (tertiary/aromatic N) is 2. The van der Waals surface area contributed by atoms with Crippen LogP contribution >= 0.6 is 0 Å². The molecule has 144 valence electrons. The van der Waals surface area contributed by atoms with Gasteiger partial charge in [-0.05, 0) is 57.4 Å². The Morgan fingerprint density at radius 2 is 1.96 bits per heavy atom. The van der Waals surface area contributed by atoms with Crippen LogP contribution in [0.1, 0.15) is 54.6 Å². The molecule has 5 nitrogen and oxygen atoms in total. The monoisotopic (exact) mass is 366 g/mol. The molecule has 1 saturated carbocycles. The zero-order chi connectivity index (χ0) is 19.2. The van der Waals surface area contributed by atoms with Crippen molar-refractivity contribution in [1.82, 2.24) is 15.3 Å². The number of aryl methyl sites for hydroxylation is 2. The van der Waals surface area contributed by atoms with E-state index in [1.165, 1.54) is 37.7 Å². The van der Waals surface area contributed by atoms with Crippen LogP contribution in [0.15, 0.2) is 35.4 Å². The van der Waals surface area contributed by atoms with Gasteiger partial charge in [0.25, 0.3) is 5.91 Å². The van der Waals surface area contributed by atoms with Gasteiger partial charge >= 0.3 is 0 Å². The van der Waals surface area contributed by atoms with E-state index in [0.717, 1.165) is 22.6 Å². The fourth-order valence-electron chi connectivity index (χ4n) is 3.84. The van der Waals surface area contributed by atoms with Crippen molar-refractivity contribution in [2.45, 2.75) is 58.9 Å². The number of aromatic nitrogens is 1. The molecule has 1 fully saturated rings. The van der Waals surface area contributed by atoms with Gasteiger partial charge in [0.05, 0.1) is 12.8 Å². The normalized spacial score (nSPS) is 15.4. The van der Waals surface area contributed by atoms with E-state index in [0.29, 0.717) is 12.6 Å². The van der Waals surface area contributed by atoms with Crippen molar-refractivity contribution in [3.05, 3.63) is 52.8 Å². The molecule has 0 saturated heterocycles. The Morgan fingerprint density at radius 3 is 2.70 bits per heavy atom. The highest BCUT2D eigenvalue weighted by Gasteiger charge is 2.14. The van der Waals surface area contributed by atoms with Gasteiger partial charge in [-0.15, -0.1) is 0 Å².